The van der Waals surface area contributed by atoms with Gasteiger partial charge in [-0.2, -0.15) is 0 Å². The summed E-state index contributed by atoms with van der Waals surface area (Å²) in [4.78, 5) is 0. The Bertz CT molecular complexity index is 51.6. The SMILES string of the molecule is BC(B)C(C)(C)C. The summed E-state index contributed by atoms with van der Waals surface area (Å²) in [7, 11) is 4.50. The van der Waals surface area contributed by atoms with Crippen molar-refractivity contribution in [3.05, 3.63) is 0 Å². The molecule has 40 valence electrons. The van der Waals surface area contributed by atoms with E-state index in [1.165, 1.54) is 0 Å². The number of hydrogen-bond donors (Lipinski definition) is 0. The van der Waals surface area contributed by atoms with Crippen LogP contribution in [-0.4, -0.2) is 15.7 Å². The molecule has 0 N–H and O–H groups in total. The molecule has 0 atom stereocenters. The molecule has 0 aliphatic carbocycles. The largest absolute Gasteiger partial charge is 0.0963 e. The van der Waals surface area contributed by atoms with E-state index in [9.17, 15) is 0 Å². The topological polar surface area (TPSA) is 0 Å². The second-order valence-corrected chi connectivity index (χ2v) is 3.52. The Balaban J connectivity index is 3.54. The van der Waals surface area contributed by atoms with Gasteiger partial charge in [-0.15, -0.1) is 0 Å². The Morgan fingerprint density at radius 3 is 1.29 bits per heavy atom. The van der Waals surface area contributed by atoms with Gasteiger partial charge in [-0.3, -0.25) is 0 Å². The van der Waals surface area contributed by atoms with Gasteiger partial charge in [0, 0.05) is 0 Å². The van der Waals surface area contributed by atoms with Gasteiger partial charge >= 0.3 is 0 Å². The fourth-order valence-electron chi connectivity index (χ4n) is 0. The Morgan fingerprint density at radius 1 is 1.14 bits per heavy atom. The number of rotatable bonds is 0. The zero-order chi connectivity index (χ0) is 6.08. The molecule has 0 aliphatic heterocycles. The molecule has 0 bridgehead atoms. The predicted octanol–water partition coefficient (Wildman–Crippen LogP) is 0.0447. The Kier molecular flexibility index (Phi) is 1.97. The van der Waals surface area contributed by atoms with E-state index in [-0.39, 0.29) is 0 Å². The fourth-order valence-corrected chi connectivity index (χ4v) is 0. The monoisotopic (exact) mass is 96.1 g/mol. The van der Waals surface area contributed by atoms with E-state index in [0.29, 0.717) is 5.41 Å². The highest BCUT2D eigenvalue weighted by atomic mass is 14.1. The van der Waals surface area contributed by atoms with Gasteiger partial charge in [0.05, 0.1) is 15.7 Å². The van der Waals surface area contributed by atoms with Crippen molar-refractivity contribution in [1.29, 1.82) is 0 Å². The summed E-state index contributed by atoms with van der Waals surface area (Å²) in [5, 5.41) is 0. The fraction of sp³-hybridized carbons (Fsp3) is 1.00. The van der Waals surface area contributed by atoms with Gasteiger partial charge in [-0.25, -0.2) is 0 Å². The van der Waals surface area contributed by atoms with Crippen LogP contribution in [0, 0.1) is 5.41 Å². The summed E-state index contributed by atoms with van der Waals surface area (Å²) < 4.78 is 0. The molecule has 0 heterocycles. The average molecular weight is 95.8 g/mol. The van der Waals surface area contributed by atoms with Crippen molar-refractivity contribution in [2.45, 2.75) is 26.5 Å². The van der Waals surface area contributed by atoms with Crippen LogP contribution in [0.5, 0.6) is 0 Å². The molecule has 0 fully saturated rings. The highest BCUT2D eigenvalue weighted by Gasteiger charge is 2.13. The summed E-state index contributed by atoms with van der Waals surface area (Å²) in [6.45, 7) is 6.78. The molecule has 0 aromatic rings. The van der Waals surface area contributed by atoms with E-state index < -0.39 is 0 Å². The predicted molar refractivity (Wildman–Crippen MR) is 40.3 cm³/mol. The Hall–Kier alpha value is 0.130. The second-order valence-electron chi connectivity index (χ2n) is 3.52. The summed E-state index contributed by atoms with van der Waals surface area (Å²) in [6, 6.07) is 0. The van der Waals surface area contributed by atoms with E-state index >= 15 is 0 Å². The lowest BCUT2D eigenvalue weighted by Gasteiger charge is -2.22. The Labute approximate surface area is 48.5 Å². The van der Waals surface area contributed by atoms with Crippen molar-refractivity contribution in [2.75, 3.05) is 0 Å². The summed E-state index contributed by atoms with van der Waals surface area (Å²) in [5.74, 6) is 0. The van der Waals surface area contributed by atoms with E-state index in [2.05, 4.69) is 36.5 Å². The Morgan fingerprint density at radius 2 is 1.29 bits per heavy atom. The van der Waals surface area contributed by atoms with Crippen LogP contribution in [-0.2, 0) is 0 Å². The molecule has 0 aliphatic rings. The molecule has 0 saturated heterocycles. The minimum atomic E-state index is 0.500. The third kappa shape index (κ3) is 2.78. The van der Waals surface area contributed by atoms with E-state index in [1.807, 2.05) is 0 Å². The lowest BCUT2D eigenvalue weighted by atomic mass is 9.57. The molecule has 0 radical (unpaired) electrons. The highest BCUT2D eigenvalue weighted by molar-refractivity contribution is 6.35. The zero-order valence-corrected chi connectivity index (χ0v) is 6.08. The first-order valence-corrected chi connectivity index (χ1v) is 2.94. The van der Waals surface area contributed by atoms with Crippen LogP contribution in [0.1, 0.15) is 20.8 Å². The van der Waals surface area contributed by atoms with Crippen molar-refractivity contribution < 1.29 is 0 Å². The van der Waals surface area contributed by atoms with Gasteiger partial charge in [0.1, 0.15) is 0 Å². The van der Waals surface area contributed by atoms with Crippen molar-refractivity contribution in [1.82, 2.24) is 0 Å². The first-order chi connectivity index (χ1) is 2.94. The summed E-state index contributed by atoms with van der Waals surface area (Å²) in [5.41, 5.74) is 1.30. The van der Waals surface area contributed by atoms with E-state index in [1.54, 1.807) is 0 Å². The number of hydrogen-bond acceptors (Lipinski definition) is 0. The van der Waals surface area contributed by atoms with Gasteiger partial charge in [0.2, 0.25) is 0 Å². The maximum atomic E-state index is 2.26. The average Bonchev–Trinajstić information content (AvgIpc) is 1.31. The van der Waals surface area contributed by atoms with Crippen LogP contribution < -0.4 is 0 Å². The van der Waals surface area contributed by atoms with Crippen LogP contribution >= 0.6 is 0 Å². The summed E-state index contributed by atoms with van der Waals surface area (Å²) in [6.07, 6.45) is 0. The normalized spacial score (nSPS) is 12.6. The standard InChI is InChI=1S/C5H14B2/c1-5(2,3)4(6)7/h4H,6-7H2,1-3H3. The minimum absolute atomic E-state index is 0.500. The summed E-state index contributed by atoms with van der Waals surface area (Å²) >= 11 is 0. The van der Waals surface area contributed by atoms with E-state index in [0.717, 1.165) is 5.72 Å². The van der Waals surface area contributed by atoms with Gasteiger partial charge < -0.3 is 0 Å². The maximum absolute atomic E-state index is 2.26. The zero-order valence-electron chi connectivity index (χ0n) is 6.08. The molecule has 0 rings (SSSR count). The first-order valence-electron chi connectivity index (χ1n) is 2.94. The molecular weight excluding hydrogens is 81.7 g/mol. The quantitative estimate of drug-likeness (QED) is 0.373. The van der Waals surface area contributed by atoms with Crippen LogP contribution in [0.3, 0.4) is 0 Å². The molecule has 0 unspecified atom stereocenters. The third-order valence-corrected chi connectivity index (χ3v) is 1.73. The molecule has 7 heavy (non-hydrogen) atoms. The van der Waals surface area contributed by atoms with Crippen LogP contribution in [0.2, 0.25) is 5.72 Å². The second kappa shape index (κ2) is 1.94. The van der Waals surface area contributed by atoms with E-state index in [4.69, 9.17) is 0 Å². The molecule has 0 amide bonds. The van der Waals surface area contributed by atoms with Crippen molar-refractivity contribution in [2.24, 2.45) is 5.41 Å². The molecule has 2 heteroatoms. The maximum Gasteiger partial charge on any atom is 0.0963 e. The van der Waals surface area contributed by atoms with Gasteiger partial charge in [0.25, 0.3) is 0 Å². The minimum Gasteiger partial charge on any atom is -0.0912 e. The molecule has 0 nitrogen and oxygen atoms in total. The molecule has 0 saturated carbocycles. The van der Waals surface area contributed by atoms with Crippen molar-refractivity contribution >= 4 is 15.7 Å². The van der Waals surface area contributed by atoms with Crippen molar-refractivity contribution in [3.63, 3.8) is 0 Å². The van der Waals surface area contributed by atoms with Crippen LogP contribution in [0.15, 0.2) is 0 Å². The third-order valence-electron chi connectivity index (χ3n) is 1.73. The van der Waals surface area contributed by atoms with Gasteiger partial charge in [-0.05, 0) is 5.41 Å². The van der Waals surface area contributed by atoms with Gasteiger partial charge in [-0.1, -0.05) is 26.5 Å². The lowest BCUT2D eigenvalue weighted by molar-refractivity contribution is 0.444. The highest BCUT2D eigenvalue weighted by Crippen LogP contribution is 2.24. The van der Waals surface area contributed by atoms with Crippen molar-refractivity contribution in [3.8, 4) is 0 Å². The lowest BCUT2D eigenvalue weighted by Crippen LogP contribution is -2.14. The molecule has 0 aromatic carbocycles. The smallest absolute Gasteiger partial charge is 0.0912 e. The van der Waals surface area contributed by atoms with Crippen LogP contribution in [0.25, 0.3) is 0 Å². The van der Waals surface area contributed by atoms with Gasteiger partial charge in [0.15, 0.2) is 0 Å². The molecule has 0 aromatic heterocycles. The molecular formula is C5H14B2. The molecule has 0 spiro atoms. The first kappa shape index (κ1) is 7.13. The van der Waals surface area contributed by atoms with Crippen LogP contribution in [0.4, 0.5) is 0 Å².